The molecule has 2 unspecified atom stereocenters. The van der Waals surface area contributed by atoms with Gasteiger partial charge in [-0.1, -0.05) is 13.3 Å². The van der Waals surface area contributed by atoms with E-state index in [2.05, 4.69) is 30.8 Å². The number of aliphatic hydroxyl groups excluding tert-OH is 1. The quantitative estimate of drug-likeness (QED) is 0.831. The van der Waals surface area contributed by atoms with Gasteiger partial charge in [0.1, 0.15) is 0 Å². The summed E-state index contributed by atoms with van der Waals surface area (Å²) in [7, 11) is 4.27. The van der Waals surface area contributed by atoms with Gasteiger partial charge in [0, 0.05) is 25.2 Å². The lowest BCUT2D eigenvalue weighted by Gasteiger charge is -2.38. The van der Waals surface area contributed by atoms with Crippen LogP contribution in [-0.2, 0) is 0 Å². The second-order valence-corrected chi connectivity index (χ2v) is 6.59. The fourth-order valence-corrected chi connectivity index (χ4v) is 3.85. The average Bonchev–Trinajstić information content (AvgIpc) is 2.69. The van der Waals surface area contributed by atoms with Crippen molar-refractivity contribution in [1.82, 2.24) is 9.80 Å². The maximum Gasteiger partial charge on any atom is 0.0682 e. The molecule has 18 heavy (non-hydrogen) atoms. The van der Waals surface area contributed by atoms with Crippen LogP contribution < -0.4 is 0 Å². The fraction of sp³-hybridized carbons (Fsp3) is 1.00. The highest BCUT2D eigenvalue weighted by Crippen LogP contribution is 2.33. The van der Waals surface area contributed by atoms with Gasteiger partial charge in [0.2, 0.25) is 0 Å². The van der Waals surface area contributed by atoms with Crippen molar-refractivity contribution in [3.8, 4) is 0 Å². The minimum atomic E-state index is -0.0983. The first kappa shape index (κ1) is 14.3. The molecule has 0 aromatic carbocycles. The lowest BCUT2D eigenvalue weighted by atomic mass is 9.84. The third-order valence-electron chi connectivity index (χ3n) is 4.87. The van der Waals surface area contributed by atoms with E-state index < -0.39 is 0 Å². The zero-order valence-electron chi connectivity index (χ0n) is 12.3. The van der Waals surface area contributed by atoms with Crippen molar-refractivity contribution in [2.75, 3.05) is 27.2 Å². The van der Waals surface area contributed by atoms with Crippen LogP contribution >= 0.6 is 0 Å². The maximum atomic E-state index is 9.95. The van der Waals surface area contributed by atoms with Gasteiger partial charge in [0.25, 0.3) is 0 Å². The van der Waals surface area contributed by atoms with Crippen LogP contribution in [0.1, 0.15) is 45.4 Å². The lowest BCUT2D eigenvalue weighted by molar-refractivity contribution is 0.0983. The molecular formula is C15H30N2O. The van der Waals surface area contributed by atoms with Crippen molar-refractivity contribution in [2.45, 2.75) is 63.6 Å². The molecular weight excluding hydrogens is 224 g/mol. The number of rotatable bonds is 4. The van der Waals surface area contributed by atoms with Crippen LogP contribution in [0.4, 0.5) is 0 Å². The van der Waals surface area contributed by atoms with Crippen LogP contribution in [0.25, 0.3) is 0 Å². The predicted octanol–water partition coefficient (Wildman–Crippen LogP) is 1.95. The lowest BCUT2D eigenvalue weighted by Crippen LogP contribution is -2.45. The summed E-state index contributed by atoms with van der Waals surface area (Å²) >= 11 is 0. The van der Waals surface area contributed by atoms with Crippen molar-refractivity contribution in [3.63, 3.8) is 0 Å². The zero-order valence-corrected chi connectivity index (χ0v) is 12.3. The molecule has 1 N–H and O–H groups in total. The molecule has 2 aliphatic rings. The molecule has 106 valence electrons. The van der Waals surface area contributed by atoms with E-state index in [0.29, 0.717) is 6.04 Å². The van der Waals surface area contributed by atoms with Crippen molar-refractivity contribution in [3.05, 3.63) is 0 Å². The molecule has 2 fully saturated rings. The number of β-amino-alcohol motifs (C(OH)–C–C–N with tert-alkyl or cyclic N) is 1. The van der Waals surface area contributed by atoms with Gasteiger partial charge in [-0.05, 0) is 52.1 Å². The Labute approximate surface area is 112 Å². The Bertz CT molecular complexity index is 249. The SMILES string of the molecule is CCC1CCC(N2CC(O)CC2CN(C)C)CC1. The smallest absolute Gasteiger partial charge is 0.0682 e. The Balaban J connectivity index is 1.90. The molecule has 2 rings (SSSR count). The monoisotopic (exact) mass is 254 g/mol. The summed E-state index contributed by atoms with van der Waals surface area (Å²) in [5, 5.41) is 9.95. The van der Waals surface area contributed by atoms with Gasteiger partial charge in [-0.15, -0.1) is 0 Å². The second kappa shape index (κ2) is 6.36. The molecule has 0 radical (unpaired) electrons. The summed E-state index contributed by atoms with van der Waals surface area (Å²) in [6.07, 6.45) is 7.68. The van der Waals surface area contributed by atoms with Gasteiger partial charge >= 0.3 is 0 Å². The summed E-state index contributed by atoms with van der Waals surface area (Å²) in [6, 6.07) is 1.30. The molecule has 3 heteroatoms. The minimum absolute atomic E-state index is 0.0983. The van der Waals surface area contributed by atoms with E-state index >= 15 is 0 Å². The maximum absolute atomic E-state index is 9.95. The zero-order chi connectivity index (χ0) is 13.1. The largest absolute Gasteiger partial charge is 0.392 e. The predicted molar refractivity (Wildman–Crippen MR) is 75.7 cm³/mol. The number of nitrogens with zero attached hydrogens (tertiary/aromatic N) is 2. The van der Waals surface area contributed by atoms with Crippen molar-refractivity contribution < 1.29 is 5.11 Å². The van der Waals surface area contributed by atoms with Crippen LogP contribution in [0.15, 0.2) is 0 Å². The molecule has 1 heterocycles. The van der Waals surface area contributed by atoms with Crippen LogP contribution in [0.3, 0.4) is 0 Å². The molecule has 0 spiro atoms. The van der Waals surface area contributed by atoms with E-state index in [1.54, 1.807) is 0 Å². The van der Waals surface area contributed by atoms with Gasteiger partial charge in [-0.2, -0.15) is 0 Å². The Morgan fingerprint density at radius 3 is 2.39 bits per heavy atom. The molecule has 1 saturated heterocycles. The molecule has 0 aromatic heterocycles. The fourth-order valence-electron chi connectivity index (χ4n) is 3.85. The van der Waals surface area contributed by atoms with Crippen LogP contribution in [0.5, 0.6) is 0 Å². The highest BCUT2D eigenvalue weighted by atomic mass is 16.3. The average molecular weight is 254 g/mol. The number of likely N-dealkylation sites (tertiary alicyclic amines) is 1. The van der Waals surface area contributed by atoms with E-state index in [4.69, 9.17) is 0 Å². The van der Waals surface area contributed by atoms with E-state index in [-0.39, 0.29) is 6.10 Å². The van der Waals surface area contributed by atoms with E-state index in [1.165, 1.54) is 32.1 Å². The van der Waals surface area contributed by atoms with E-state index in [1.807, 2.05) is 0 Å². The molecule has 2 atom stereocenters. The van der Waals surface area contributed by atoms with E-state index in [0.717, 1.165) is 31.5 Å². The normalized spacial score (nSPS) is 38.5. The van der Waals surface area contributed by atoms with Crippen LogP contribution in [0.2, 0.25) is 0 Å². The summed E-state index contributed by atoms with van der Waals surface area (Å²) in [5.41, 5.74) is 0. The molecule has 0 aromatic rings. The third-order valence-corrected chi connectivity index (χ3v) is 4.87. The molecule has 0 bridgehead atoms. The Morgan fingerprint density at radius 1 is 1.17 bits per heavy atom. The van der Waals surface area contributed by atoms with Gasteiger partial charge in [-0.3, -0.25) is 4.90 Å². The van der Waals surface area contributed by atoms with Gasteiger partial charge in [0.15, 0.2) is 0 Å². The number of hydrogen-bond acceptors (Lipinski definition) is 3. The van der Waals surface area contributed by atoms with Crippen molar-refractivity contribution in [1.29, 1.82) is 0 Å². The minimum Gasteiger partial charge on any atom is -0.392 e. The third kappa shape index (κ3) is 3.46. The van der Waals surface area contributed by atoms with Gasteiger partial charge in [-0.25, -0.2) is 0 Å². The number of hydrogen-bond donors (Lipinski definition) is 1. The summed E-state index contributed by atoms with van der Waals surface area (Å²) in [4.78, 5) is 4.87. The highest BCUT2D eigenvalue weighted by molar-refractivity contribution is 4.92. The molecule has 3 nitrogen and oxygen atoms in total. The van der Waals surface area contributed by atoms with Crippen molar-refractivity contribution in [2.24, 2.45) is 5.92 Å². The number of aliphatic hydroxyl groups is 1. The number of likely N-dealkylation sites (N-methyl/N-ethyl adjacent to an activating group) is 1. The Kier molecular flexibility index (Phi) is 5.05. The summed E-state index contributed by atoms with van der Waals surface area (Å²) in [5.74, 6) is 0.959. The van der Waals surface area contributed by atoms with Crippen LogP contribution in [-0.4, -0.2) is 60.3 Å². The second-order valence-electron chi connectivity index (χ2n) is 6.59. The first-order valence-corrected chi connectivity index (χ1v) is 7.68. The molecule has 1 saturated carbocycles. The van der Waals surface area contributed by atoms with E-state index in [9.17, 15) is 5.11 Å². The summed E-state index contributed by atoms with van der Waals surface area (Å²) < 4.78 is 0. The standard InChI is InChI=1S/C15H30N2O/c1-4-12-5-7-13(8-6-12)17-11-15(18)9-14(17)10-16(2)3/h12-15,18H,4-11H2,1-3H3. The topological polar surface area (TPSA) is 26.7 Å². The highest BCUT2D eigenvalue weighted by Gasteiger charge is 2.36. The first-order chi connectivity index (χ1) is 8.60. The van der Waals surface area contributed by atoms with Crippen LogP contribution in [0, 0.1) is 5.92 Å². The van der Waals surface area contributed by atoms with Crippen molar-refractivity contribution >= 4 is 0 Å². The Morgan fingerprint density at radius 2 is 1.83 bits per heavy atom. The van der Waals surface area contributed by atoms with Gasteiger partial charge < -0.3 is 10.0 Å². The summed E-state index contributed by atoms with van der Waals surface area (Å²) in [6.45, 7) is 4.31. The molecule has 1 aliphatic heterocycles. The Hall–Kier alpha value is -0.120. The molecule has 1 aliphatic carbocycles. The first-order valence-electron chi connectivity index (χ1n) is 7.68. The van der Waals surface area contributed by atoms with Gasteiger partial charge in [0.05, 0.1) is 6.10 Å². The molecule has 0 amide bonds.